The lowest BCUT2D eigenvalue weighted by molar-refractivity contribution is -0.384. The fourth-order valence-corrected chi connectivity index (χ4v) is 3.05. The highest BCUT2D eigenvalue weighted by molar-refractivity contribution is 9.10. The van der Waals surface area contributed by atoms with Gasteiger partial charge in [0.05, 0.1) is 17.7 Å². The Bertz CT molecular complexity index is 1050. The number of carbonyl (C=O) groups is 1. The Morgan fingerprint density at radius 1 is 1.11 bits per heavy atom. The van der Waals surface area contributed by atoms with E-state index >= 15 is 0 Å². The zero-order chi connectivity index (χ0) is 20.3. The van der Waals surface area contributed by atoms with Crippen LogP contribution in [-0.4, -0.2) is 24.0 Å². The van der Waals surface area contributed by atoms with Gasteiger partial charge in [-0.05, 0) is 48.0 Å². The molecule has 0 aliphatic rings. The van der Waals surface area contributed by atoms with Crippen molar-refractivity contribution in [3.05, 3.63) is 69.2 Å². The van der Waals surface area contributed by atoms with Crippen molar-refractivity contribution in [2.24, 2.45) is 0 Å². The molecule has 0 fully saturated rings. The molecule has 144 valence electrons. The number of anilines is 1. The van der Waals surface area contributed by atoms with Crippen molar-refractivity contribution in [1.82, 2.24) is 0 Å². The summed E-state index contributed by atoms with van der Waals surface area (Å²) < 4.78 is 11.9. The van der Waals surface area contributed by atoms with E-state index < -0.39 is 16.9 Å². The molecule has 1 unspecified atom stereocenters. The minimum absolute atomic E-state index is 0.148. The smallest absolute Gasteiger partial charge is 0.271 e. The predicted octanol–water partition coefficient (Wildman–Crippen LogP) is 4.93. The van der Waals surface area contributed by atoms with Gasteiger partial charge in [-0.25, -0.2) is 0 Å². The van der Waals surface area contributed by atoms with Gasteiger partial charge in [0.15, 0.2) is 6.10 Å². The highest BCUT2D eigenvalue weighted by atomic mass is 79.9. The molecule has 0 aromatic heterocycles. The number of non-ortho nitro benzene ring substituents is 1. The summed E-state index contributed by atoms with van der Waals surface area (Å²) in [7, 11) is 1.42. The van der Waals surface area contributed by atoms with Gasteiger partial charge in [-0.3, -0.25) is 14.9 Å². The van der Waals surface area contributed by atoms with Gasteiger partial charge in [-0.15, -0.1) is 0 Å². The summed E-state index contributed by atoms with van der Waals surface area (Å²) in [6.07, 6.45) is -0.822. The molecule has 1 atom stereocenters. The Morgan fingerprint density at radius 2 is 1.82 bits per heavy atom. The average Bonchev–Trinajstić information content (AvgIpc) is 2.67. The quantitative estimate of drug-likeness (QED) is 0.430. The molecule has 8 heteroatoms. The molecule has 0 bridgehead atoms. The van der Waals surface area contributed by atoms with Crippen LogP contribution in [0.1, 0.15) is 6.92 Å². The summed E-state index contributed by atoms with van der Waals surface area (Å²) in [5, 5.41) is 15.6. The Balaban J connectivity index is 1.75. The maximum Gasteiger partial charge on any atom is 0.271 e. The lowest BCUT2D eigenvalue weighted by Crippen LogP contribution is -2.30. The highest BCUT2D eigenvalue weighted by Gasteiger charge is 2.19. The highest BCUT2D eigenvalue weighted by Crippen LogP contribution is 2.29. The third-order valence-corrected chi connectivity index (χ3v) is 4.60. The van der Waals surface area contributed by atoms with Crippen LogP contribution < -0.4 is 14.8 Å². The molecule has 0 radical (unpaired) electrons. The molecule has 0 spiro atoms. The van der Waals surface area contributed by atoms with Crippen molar-refractivity contribution in [2.45, 2.75) is 13.0 Å². The van der Waals surface area contributed by atoms with Crippen LogP contribution in [0.5, 0.6) is 11.5 Å². The van der Waals surface area contributed by atoms with E-state index in [-0.39, 0.29) is 11.4 Å². The summed E-state index contributed by atoms with van der Waals surface area (Å²) in [5.41, 5.74) is 0.0610. The molecule has 3 aromatic rings. The van der Waals surface area contributed by atoms with Crippen LogP contribution in [0.15, 0.2) is 59.1 Å². The largest absolute Gasteiger partial charge is 0.495 e. The Labute approximate surface area is 169 Å². The van der Waals surface area contributed by atoms with Crippen LogP contribution >= 0.6 is 15.9 Å². The van der Waals surface area contributed by atoms with E-state index in [4.69, 9.17) is 9.47 Å². The van der Waals surface area contributed by atoms with Crippen molar-refractivity contribution in [2.75, 3.05) is 12.4 Å². The Hall–Kier alpha value is -3.13. The molecule has 0 saturated carbocycles. The van der Waals surface area contributed by atoms with Crippen molar-refractivity contribution < 1.29 is 19.2 Å². The number of nitro groups is 1. The Kier molecular flexibility index (Phi) is 5.79. The number of nitro benzene ring substituents is 1. The molecule has 7 nitrogen and oxygen atoms in total. The van der Waals surface area contributed by atoms with E-state index in [1.54, 1.807) is 13.0 Å². The SMILES string of the molecule is COc1ccc([N+](=O)[O-])cc1NC(=O)C(C)Oc1ccc2cc(Br)ccc2c1. The van der Waals surface area contributed by atoms with Gasteiger partial charge in [0.1, 0.15) is 11.5 Å². The lowest BCUT2D eigenvalue weighted by atomic mass is 10.1. The van der Waals surface area contributed by atoms with Crippen molar-refractivity contribution in [3.8, 4) is 11.5 Å². The molecule has 0 heterocycles. The van der Waals surface area contributed by atoms with Gasteiger partial charge < -0.3 is 14.8 Å². The van der Waals surface area contributed by atoms with E-state index in [2.05, 4.69) is 21.2 Å². The van der Waals surface area contributed by atoms with Crippen LogP contribution in [0, 0.1) is 10.1 Å². The summed E-state index contributed by atoms with van der Waals surface area (Å²) in [6.45, 7) is 1.60. The van der Waals surface area contributed by atoms with Crippen molar-refractivity contribution >= 4 is 44.0 Å². The standard InChI is InChI=1S/C20H17BrN2O5/c1-12(28-17-7-4-13-9-15(21)5-3-14(13)10-17)20(24)22-18-11-16(23(25)26)6-8-19(18)27-2/h3-12H,1-2H3,(H,22,24). The number of nitrogens with zero attached hydrogens (tertiary/aromatic N) is 1. The van der Waals surface area contributed by atoms with Gasteiger partial charge >= 0.3 is 0 Å². The number of fused-ring (bicyclic) bond motifs is 1. The minimum atomic E-state index is -0.822. The number of hydrogen-bond donors (Lipinski definition) is 1. The number of halogens is 1. The second-order valence-corrected chi connectivity index (χ2v) is 6.96. The van der Waals surface area contributed by atoms with E-state index in [9.17, 15) is 14.9 Å². The number of amides is 1. The molecule has 0 aliphatic heterocycles. The van der Waals surface area contributed by atoms with E-state index in [1.807, 2.05) is 30.3 Å². The van der Waals surface area contributed by atoms with Crippen LogP contribution in [0.25, 0.3) is 10.8 Å². The Morgan fingerprint density at radius 3 is 2.54 bits per heavy atom. The number of benzene rings is 3. The number of carbonyl (C=O) groups excluding carboxylic acids is 1. The maximum atomic E-state index is 12.5. The van der Waals surface area contributed by atoms with Crippen molar-refractivity contribution in [3.63, 3.8) is 0 Å². The molecule has 1 N–H and O–H groups in total. The van der Waals surface area contributed by atoms with Crippen molar-refractivity contribution in [1.29, 1.82) is 0 Å². The van der Waals surface area contributed by atoms with Gasteiger partial charge in [0, 0.05) is 16.6 Å². The van der Waals surface area contributed by atoms with Crippen LogP contribution in [0.3, 0.4) is 0 Å². The van der Waals surface area contributed by atoms with E-state index in [0.717, 1.165) is 15.2 Å². The minimum Gasteiger partial charge on any atom is -0.495 e. The van der Waals surface area contributed by atoms with Gasteiger partial charge in [0.2, 0.25) is 0 Å². The summed E-state index contributed by atoms with van der Waals surface area (Å²) in [6, 6.07) is 15.4. The van der Waals surface area contributed by atoms with E-state index in [0.29, 0.717) is 11.5 Å². The van der Waals surface area contributed by atoms with Gasteiger partial charge in [-0.1, -0.05) is 28.1 Å². The first kappa shape index (κ1) is 19.6. The van der Waals surface area contributed by atoms with Gasteiger partial charge in [0.25, 0.3) is 11.6 Å². The number of ether oxygens (including phenoxy) is 2. The summed E-state index contributed by atoms with van der Waals surface area (Å²) in [5.74, 6) is 0.417. The molecule has 3 aromatic carbocycles. The number of hydrogen-bond acceptors (Lipinski definition) is 5. The number of rotatable bonds is 6. The molecule has 3 rings (SSSR count). The number of nitrogens with one attached hydrogen (secondary N) is 1. The first-order valence-corrected chi connectivity index (χ1v) is 9.16. The fourth-order valence-electron chi connectivity index (χ4n) is 2.67. The van der Waals surface area contributed by atoms with Crippen LogP contribution in [0.2, 0.25) is 0 Å². The summed E-state index contributed by atoms with van der Waals surface area (Å²) >= 11 is 3.43. The molecule has 1 amide bonds. The second-order valence-electron chi connectivity index (χ2n) is 6.04. The third kappa shape index (κ3) is 4.40. The molecule has 0 aliphatic carbocycles. The average molecular weight is 445 g/mol. The summed E-state index contributed by atoms with van der Waals surface area (Å²) in [4.78, 5) is 22.9. The first-order chi connectivity index (χ1) is 13.4. The van der Waals surface area contributed by atoms with E-state index in [1.165, 1.54) is 25.3 Å². The molecule has 28 heavy (non-hydrogen) atoms. The first-order valence-electron chi connectivity index (χ1n) is 8.36. The number of methoxy groups -OCH3 is 1. The van der Waals surface area contributed by atoms with Crippen LogP contribution in [-0.2, 0) is 4.79 Å². The predicted molar refractivity (Wildman–Crippen MR) is 110 cm³/mol. The lowest BCUT2D eigenvalue weighted by Gasteiger charge is -2.16. The third-order valence-electron chi connectivity index (χ3n) is 4.11. The maximum absolute atomic E-state index is 12.5. The normalized spacial score (nSPS) is 11.7. The second kappa shape index (κ2) is 8.26. The fraction of sp³-hybridized carbons (Fsp3) is 0.150. The molecular formula is C20H17BrN2O5. The molecule has 0 saturated heterocycles. The van der Waals surface area contributed by atoms with Gasteiger partial charge in [-0.2, -0.15) is 0 Å². The monoisotopic (exact) mass is 444 g/mol. The molecular weight excluding hydrogens is 428 g/mol. The van der Waals surface area contributed by atoms with Crippen LogP contribution in [0.4, 0.5) is 11.4 Å². The zero-order valence-electron chi connectivity index (χ0n) is 15.1. The topological polar surface area (TPSA) is 90.7 Å². The zero-order valence-corrected chi connectivity index (χ0v) is 16.7.